The highest BCUT2D eigenvalue weighted by Crippen LogP contribution is 2.10. The molecular weight excluding hydrogens is 234 g/mol. The topological polar surface area (TPSA) is 57.7 Å². The zero-order chi connectivity index (χ0) is 13.4. The van der Waals surface area contributed by atoms with Gasteiger partial charge >= 0.3 is 5.97 Å². The zero-order valence-electron chi connectivity index (χ0n) is 11.0. The predicted molar refractivity (Wildman–Crippen MR) is 66.1 cm³/mol. The molecule has 100 valence electrons. The monoisotopic (exact) mass is 253 g/mol. The molecule has 0 radical (unpaired) electrons. The Hall–Kier alpha value is -1.46. The maximum Gasteiger partial charge on any atom is 0.357 e. The fourth-order valence-electron chi connectivity index (χ4n) is 1.30. The molecule has 0 atom stereocenters. The van der Waals surface area contributed by atoms with Crippen LogP contribution in [0.1, 0.15) is 36.8 Å². The number of esters is 1. The molecule has 1 aromatic rings. The third-order valence-corrected chi connectivity index (χ3v) is 2.06. The van der Waals surface area contributed by atoms with Crippen LogP contribution in [0.4, 0.5) is 0 Å². The molecular formula is C13H19NO4. The van der Waals surface area contributed by atoms with Crippen molar-refractivity contribution < 1.29 is 19.0 Å². The van der Waals surface area contributed by atoms with Gasteiger partial charge in [0, 0.05) is 18.4 Å². The molecule has 0 bridgehead atoms. The van der Waals surface area contributed by atoms with Gasteiger partial charge < -0.3 is 14.2 Å². The van der Waals surface area contributed by atoms with Crippen molar-refractivity contribution in [3.63, 3.8) is 0 Å². The van der Waals surface area contributed by atoms with Gasteiger partial charge in [0.1, 0.15) is 6.79 Å². The van der Waals surface area contributed by atoms with Gasteiger partial charge in [0.15, 0.2) is 5.69 Å². The molecule has 0 fully saturated rings. The first-order valence-corrected chi connectivity index (χ1v) is 5.95. The van der Waals surface area contributed by atoms with E-state index in [1.807, 2.05) is 6.92 Å². The molecule has 0 spiro atoms. The van der Waals surface area contributed by atoms with Crippen molar-refractivity contribution in [1.29, 1.82) is 0 Å². The molecule has 1 heterocycles. The Morgan fingerprint density at radius 3 is 2.83 bits per heavy atom. The number of pyridine rings is 1. The standard InChI is InChI=1S/C13H19NO4/c1-4-16-9-17-8-11-6-5-7-14-12(11)13(15)18-10(2)3/h5-7,10H,4,8-9H2,1-3H3. The SMILES string of the molecule is CCOCOCc1cccnc1C(=O)OC(C)C. The van der Waals surface area contributed by atoms with Gasteiger partial charge in [-0.25, -0.2) is 9.78 Å². The number of carbonyl (C=O) groups excluding carboxylic acids is 1. The molecule has 0 N–H and O–H groups in total. The highest BCUT2D eigenvalue weighted by atomic mass is 16.7. The van der Waals surface area contributed by atoms with Crippen LogP contribution in [-0.2, 0) is 20.8 Å². The van der Waals surface area contributed by atoms with Gasteiger partial charge in [-0.2, -0.15) is 0 Å². The van der Waals surface area contributed by atoms with Gasteiger partial charge in [0.25, 0.3) is 0 Å². The third-order valence-electron chi connectivity index (χ3n) is 2.06. The molecule has 0 aromatic carbocycles. The molecule has 0 aliphatic rings. The number of carbonyl (C=O) groups is 1. The molecule has 1 rings (SSSR count). The number of ether oxygens (including phenoxy) is 3. The second-order valence-electron chi connectivity index (χ2n) is 3.92. The average Bonchev–Trinajstić information content (AvgIpc) is 2.34. The number of hydrogen-bond donors (Lipinski definition) is 0. The van der Waals surface area contributed by atoms with E-state index in [1.165, 1.54) is 0 Å². The molecule has 1 aromatic heterocycles. The Morgan fingerprint density at radius 1 is 1.39 bits per heavy atom. The van der Waals surface area contributed by atoms with Crippen LogP contribution >= 0.6 is 0 Å². The average molecular weight is 253 g/mol. The van der Waals surface area contributed by atoms with Gasteiger partial charge in [-0.05, 0) is 26.8 Å². The summed E-state index contributed by atoms with van der Waals surface area (Å²) in [5.41, 5.74) is 0.991. The summed E-state index contributed by atoms with van der Waals surface area (Å²) in [5.74, 6) is -0.430. The van der Waals surface area contributed by atoms with Crippen LogP contribution in [-0.4, -0.2) is 30.5 Å². The van der Waals surface area contributed by atoms with E-state index in [-0.39, 0.29) is 19.5 Å². The maximum atomic E-state index is 11.8. The largest absolute Gasteiger partial charge is 0.458 e. The number of rotatable bonds is 7. The van der Waals surface area contributed by atoms with E-state index >= 15 is 0 Å². The van der Waals surface area contributed by atoms with Crippen LogP contribution in [0.25, 0.3) is 0 Å². The minimum absolute atomic E-state index is 0.170. The molecule has 0 amide bonds. The first-order chi connectivity index (χ1) is 8.65. The second-order valence-corrected chi connectivity index (χ2v) is 3.92. The first kappa shape index (κ1) is 14.6. The number of aromatic nitrogens is 1. The summed E-state index contributed by atoms with van der Waals surface area (Å²) < 4.78 is 15.5. The fraction of sp³-hybridized carbons (Fsp3) is 0.538. The number of nitrogens with zero attached hydrogens (tertiary/aromatic N) is 1. The summed E-state index contributed by atoms with van der Waals surface area (Å²) in [7, 11) is 0. The molecule has 5 heteroatoms. The maximum absolute atomic E-state index is 11.8. The van der Waals surface area contributed by atoms with E-state index in [4.69, 9.17) is 14.2 Å². The van der Waals surface area contributed by atoms with Gasteiger partial charge in [0.05, 0.1) is 12.7 Å². The van der Waals surface area contributed by atoms with Gasteiger partial charge in [0.2, 0.25) is 0 Å². The Balaban J connectivity index is 2.64. The van der Waals surface area contributed by atoms with Crippen LogP contribution in [0.2, 0.25) is 0 Å². The summed E-state index contributed by atoms with van der Waals surface area (Å²) in [6.45, 7) is 6.55. The smallest absolute Gasteiger partial charge is 0.357 e. The second kappa shape index (κ2) is 7.79. The molecule has 0 aliphatic heterocycles. The number of hydrogen-bond acceptors (Lipinski definition) is 5. The normalized spacial score (nSPS) is 10.7. The lowest BCUT2D eigenvalue weighted by Crippen LogP contribution is -2.15. The minimum atomic E-state index is -0.430. The predicted octanol–water partition coefficient (Wildman–Crippen LogP) is 2.16. The Labute approximate surface area is 107 Å². The van der Waals surface area contributed by atoms with Crippen LogP contribution in [0.5, 0.6) is 0 Å². The highest BCUT2D eigenvalue weighted by Gasteiger charge is 2.15. The summed E-state index contributed by atoms with van der Waals surface area (Å²) in [5, 5.41) is 0. The van der Waals surface area contributed by atoms with Crippen LogP contribution in [0, 0.1) is 0 Å². The van der Waals surface area contributed by atoms with Crippen molar-refractivity contribution in [3.8, 4) is 0 Å². The Kier molecular flexibility index (Phi) is 6.32. The molecule has 0 saturated carbocycles. The minimum Gasteiger partial charge on any atom is -0.458 e. The van der Waals surface area contributed by atoms with Crippen molar-refractivity contribution in [2.75, 3.05) is 13.4 Å². The van der Waals surface area contributed by atoms with Crippen molar-refractivity contribution in [2.24, 2.45) is 0 Å². The van der Waals surface area contributed by atoms with Crippen LogP contribution < -0.4 is 0 Å². The Bertz CT molecular complexity index is 379. The van der Waals surface area contributed by atoms with E-state index in [1.54, 1.807) is 32.2 Å². The first-order valence-electron chi connectivity index (χ1n) is 5.95. The lowest BCUT2D eigenvalue weighted by Gasteiger charge is -2.11. The van der Waals surface area contributed by atoms with Crippen LogP contribution in [0.15, 0.2) is 18.3 Å². The molecule has 0 aliphatic carbocycles. The van der Waals surface area contributed by atoms with E-state index < -0.39 is 5.97 Å². The molecule has 0 saturated heterocycles. The fourth-order valence-corrected chi connectivity index (χ4v) is 1.30. The van der Waals surface area contributed by atoms with Crippen molar-refractivity contribution >= 4 is 5.97 Å². The van der Waals surface area contributed by atoms with Gasteiger partial charge in [-0.15, -0.1) is 0 Å². The lowest BCUT2D eigenvalue weighted by molar-refractivity contribution is -0.0575. The summed E-state index contributed by atoms with van der Waals surface area (Å²) >= 11 is 0. The van der Waals surface area contributed by atoms with E-state index in [0.29, 0.717) is 17.9 Å². The zero-order valence-corrected chi connectivity index (χ0v) is 11.0. The summed E-state index contributed by atoms with van der Waals surface area (Å²) in [4.78, 5) is 15.8. The van der Waals surface area contributed by atoms with Crippen molar-refractivity contribution in [2.45, 2.75) is 33.5 Å². The summed E-state index contributed by atoms with van der Waals surface area (Å²) in [6.07, 6.45) is 1.39. The lowest BCUT2D eigenvalue weighted by atomic mass is 10.2. The van der Waals surface area contributed by atoms with Crippen molar-refractivity contribution in [3.05, 3.63) is 29.6 Å². The highest BCUT2D eigenvalue weighted by molar-refractivity contribution is 5.88. The molecule has 5 nitrogen and oxygen atoms in total. The van der Waals surface area contributed by atoms with E-state index in [0.717, 1.165) is 0 Å². The summed E-state index contributed by atoms with van der Waals surface area (Å²) in [6, 6.07) is 3.54. The van der Waals surface area contributed by atoms with Crippen LogP contribution in [0.3, 0.4) is 0 Å². The Morgan fingerprint density at radius 2 is 2.17 bits per heavy atom. The molecule has 18 heavy (non-hydrogen) atoms. The quantitative estimate of drug-likeness (QED) is 0.423. The van der Waals surface area contributed by atoms with E-state index in [9.17, 15) is 4.79 Å². The van der Waals surface area contributed by atoms with Crippen molar-refractivity contribution in [1.82, 2.24) is 4.98 Å². The van der Waals surface area contributed by atoms with E-state index in [2.05, 4.69) is 4.98 Å². The van der Waals surface area contributed by atoms with Gasteiger partial charge in [-0.1, -0.05) is 6.07 Å². The molecule has 0 unspecified atom stereocenters. The van der Waals surface area contributed by atoms with Gasteiger partial charge in [-0.3, -0.25) is 0 Å². The third kappa shape index (κ3) is 4.81.